The van der Waals surface area contributed by atoms with Gasteiger partial charge in [-0.3, -0.25) is 9.78 Å². The normalized spacial score (nSPS) is 11.7. The molecule has 0 bridgehead atoms. The van der Waals surface area contributed by atoms with Gasteiger partial charge in [-0.05, 0) is 30.3 Å². The largest absolute Gasteiger partial charge is 0.550 e. The molecular weight excluding hydrogens is 318 g/mol. The number of carbonyl (C=O) groups is 2. The zero-order valence-corrected chi connectivity index (χ0v) is 13.0. The topological polar surface area (TPSA) is 98.7 Å². The third-order valence-electron chi connectivity index (χ3n) is 3.20. The van der Waals surface area contributed by atoms with Crippen LogP contribution in [0.15, 0.2) is 48.8 Å². The van der Waals surface area contributed by atoms with E-state index in [-0.39, 0.29) is 6.42 Å². The number of nitrogens with two attached hydrogens (primary N) is 1. The zero-order chi connectivity index (χ0) is 16.7. The van der Waals surface area contributed by atoms with Crippen molar-refractivity contribution in [3.63, 3.8) is 0 Å². The lowest BCUT2D eigenvalue weighted by atomic mass is 10.1. The summed E-state index contributed by atoms with van der Waals surface area (Å²) in [5.41, 5.74) is 1.45. The molecule has 1 amide bonds. The summed E-state index contributed by atoms with van der Waals surface area (Å²) in [5, 5.41) is 15.8. The number of anilines is 1. The van der Waals surface area contributed by atoms with Gasteiger partial charge in [0.25, 0.3) is 5.91 Å². The van der Waals surface area contributed by atoms with E-state index in [1.807, 2.05) is 6.07 Å². The van der Waals surface area contributed by atoms with Gasteiger partial charge in [0.2, 0.25) is 0 Å². The number of hydrogen-bond acceptors (Lipinski definition) is 4. The Balaban J connectivity index is 2.00. The fourth-order valence-corrected chi connectivity index (χ4v) is 2.15. The van der Waals surface area contributed by atoms with E-state index in [4.69, 9.17) is 11.6 Å². The SMILES string of the molecule is O=C([O-])C[C@@H]([NH2+]Cc1cccnc1)C(=O)Nc1ccc(Cl)cc1. The second-order valence-electron chi connectivity index (χ2n) is 4.98. The highest BCUT2D eigenvalue weighted by Gasteiger charge is 2.22. The van der Waals surface area contributed by atoms with Gasteiger partial charge in [-0.15, -0.1) is 0 Å². The van der Waals surface area contributed by atoms with Crippen molar-refractivity contribution in [2.75, 3.05) is 5.32 Å². The molecule has 1 aromatic heterocycles. The van der Waals surface area contributed by atoms with E-state index in [1.165, 1.54) is 0 Å². The molecular formula is C16H16ClN3O3. The third-order valence-corrected chi connectivity index (χ3v) is 3.45. The number of rotatable bonds is 7. The lowest BCUT2D eigenvalue weighted by Crippen LogP contribution is -2.91. The van der Waals surface area contributed by atoms with Crippen LogP contribution in [0.3, 0.4) is 0 Å². The molecule has 0 fully saturated rings. The number of nitrogens with one attached hydrogen (secondary N) is 1. The molecule has 23 heavy (non-hydrogen) atoms. The molecule has 0 radical (unpaired) electrons. The zero-order valence-electron chi connectivity index (χ0n) is 12.2. The first-order valence-electron chi connectivity index (χ1n) is 7.03. The predicted molar refractivity (Wildman–Crippen MR) is 83.4 cm³/mol. The van der Waals surface area contributed by atoms with Gasteiger partial charge in [0.1, 0.15) is 6.54 Å². The number of hydrogen-bond donors (Lipinski definition) is 2. The molecule has 0 unspecified atom stereocenters. The Labute approximate surface area is 138 Å². The fraction of sp³-hybridized carbons (Fsp3) is 0.188. The first kappa shape index (κ1) is 16.9. The van der Waals surface area contributed by atoms with Gasteiger partial charge in [-0.2, -0.15) is 0 Å². The number of carbonyl (C=O) groups excluding carboxylic acids is 2. The van der Waals surface area contributed by atoms with E-state index in [0.29, 0.717) is 17.3 Å². The highest BCUT2D eigenvalue weighted by molar-refractivity contribution is 6.30. The number of carboxylic acids is 1. The molecule has 0 aliphatic carbocycles. The molecule has 2 rings (SSSR count). The van der Waals surface area contributed by atoms with E-state index < -0.39 is 17.9 Å². The lowest BCUT2D eigenvalue weighted by Gasteiger charge is -2.16. The molecule has 0 aliphatic heterocycles. The molecule has 3 N–H and O–H groups in total. The van der Waals surface area contributed by atoms with Crippen molar-refractivity contribution >= 4 is 29.2 Å². The monoisotopic (exact) mass is 333 g/mol. The van der Waals surface area contributed by atoms with Crippen molar-refractivity contribution in [3.8, 4) is 0 Å². The smallest absolute Gasteiger partial charge is 0.283 e. The molecule has 0 saturated heterocycles. The maximum Gasteiger partial charge on any atom is 0.283 e. The van der Waals surface area contributed by atoms with Crippen molar-refractivity contribution in [2.24, 2.45) is 0 Å². The summed E-state index contributed by atoms with van der Waals surface area (Å²) in [6.07, 6.45) is 2.94. The van der Waals surface area contributed by atoms with Gasteiger partial charge in [-0.1, -0.05) is 17.7 Å². The molecule has 1 aromatic carbocycles. The summed E-state index contributed by atoms with van der Waals surface area (Å²) in [4.78, 5) is 27.1. The average molecular weight is 334 g/mol. The molecule has 1 heterocycles. The Hall–Kier alpha value is -2.44. The Morgan fingerprint density at radius 1 is 1.26 bits per heavy atom. The number of benzene rings is 1. The Kier molecular flexibility index (Phi) is 6.08. The van der Waals surface area contributed by atoms with Crippen LogP contribution in [-0.2, 0) is 16.1 Å². The standard InChI is InChI=1S/C16H16ClN3O3/c17-12-3-5-13(6-4-12)20-16(23)14(8-15(21)22)19-10-11-2-1-7-18-9-11/h1-7,9,14,19H,8,10H2,(H,20,23)(H,21,22)/t14-/m1/s1. The second-order valence-corrected chi connectivity index (χ2v) is 5.42. The highest BCUT2D eigenvalue weighted by Crippen LogP contribution is 2.13. The summed E-state index contributed by atoms with van der Waals surface area (Å²) in [6.45, 7) is 0.444. The molecule has 0 saturated carbocycles. The van der Waals surface area contributed by atoms with Crippen LogP contribution in [0, 0.1) is 0 Å². The number of quaternary nitrogens is 1. The molecule has 0 aliphatic rings. The van der Waals surface area contributed by atoms with Crippen LogP contribution in [0.2, 0.25) is 5.02 Å². The van der Waals surface area contributed by atoms with Crippen molar-refractivity contribution in [1.82, 2.24) is 4.98 Å². The Morgan fingerprint density at radius 2 is 2.00 bits per heavy atom. The van der Waals surface area contributed by atoms with Gasteiger partial charge >= 0.3 is 0 Å². The first-order chi connectivity index (χ1) is 11.0. The van der Waals surface area contributed by atoms with Gasteiger partial charge in [-0.25, -0.2) is 0 Å². The molecule has 1 atom stereocenters. The minimum Gasteiger partial charge on any atom is -0.550 e. The number of nitrogens with zero attached hydrogens (tertiary/aromatic N) is 1. The van der Waals surface area contributed by atoms with E-state index >= 15 is 0 Å². The van der Waals surface area contributed by atoms with Crippen molar-refractivity contribution in [3.05, 3.63) is 59.4 Å². The summed E-state index contributed by atoms with van der Waals surface area (Å²) >= 11 is 5.79. The lowest BCUT2D eigenvalue weighted by molar-refractivity contribution is -0.691. The van der Waals surface area contributed by atoms with Crippen LogP contribution < -0.4 is 15.7 Å². The summed E-state index contributed by atoms with van der Waals surface area (Å²) in [7, 11) is 0. The Bertz CT molecular complexity index is 662. The number of pyridine rings is 1. The number of aliphatic carboxylic acids is 1. The fourth-order valence-electron chi connectivity index (χ4n) is 2.03. The minimum atomic E-state index is -1.27. The number of halogens is 1. The van der Waals surface area contributed by atoms with Crippen LogP contribution in [0.1, 0.15) is 12.0 Å². The molecule has 6 nitrogen and oxygen atoms in total. The maximum atomic E-state index is 12.3. The molecule has 2 aromatic rings. The average Bonchev–Trinajstić information content (AvgIpc) is 2.54. The predicted octanol–water partition coefficient (Wildman–Crippen LogP) is -0.0543. The van der Waals surface area contributed by atoms with Crippen LogP contribution >= 0.6 is 11.6 Å². The van der Waals surface area contributed by atoms with Crippen LogP contribution in [-0.4, -0.2) is 22.9 Å². The van der Waals surface area contributed by atoms with Crippen LogP contribution in [0.5, 0.6) is 0 Å². The van der Waals surface area contributed by atoms with Crippen LogP contribution in [0.25, 0.3) is 0 Å². The van der Waals surface area contributed by atoms with E-state index in [2.05, 4.69) is 10.3 Å². The van der Waals surface area contributed by atoms with Gasteiger partial charge in [0, 0.05) is 41.1 Å². The summed E-state index contributed by atoms with van der Waals surface area (Å²) in [6, 6.07) is 9.43. The Morgan fingerprint density at radius 3 is 2.61 bits per heavy atom. The minimum absolute atomic E-state index is 0.375. The molecule has 0 spiro atoms. The summed E-state index contributed by atoms with van der Waals surface area (Å²) < 4.78 is 0. The van der Waals surface area contributed by atoms with Gasteiger partial charge < -0.3 is 20.5 Å². The maximum absolute atomic E-state index is 12.3. The first-order valence-corrected chi connectivity index (χ1v) is 7.41. The van der Waals surface area contributed by atoms with E-state index in [0.717, 1.165) is 5.56 Å². The second kappa shape index (κ2) is 8.26. The highest BCUT2D eigenvalue weighted by atomic mass is 35.5. The quantitative estimate of drug-likeness (QED) is 0.742. The summed E-state index contributed by atoms with van der Waals surface area (Å²) in [5.74, 6) is -1.68. The third kappa shape index (κ3) is 5.69. The molecule has 7 heteroatoms. The number of aromatic nitrogens is 1. The van der Waals surface area contributed by atoms with Crippen molar-refractivity contribution in [1.29, 1.82) is 0 Å². The van der Waals surface area contributed by atoms with Crippen molar-refractivity contribution < 1.29 is 20.0 Å². The number of amides is 1. The van der Waals surface area contributed by atoms with E-state index in [9.17, 15) is 14.7 Å². The van der Waals surface area contributed by atoms with Gasteiger partial charge in [0.15, 0.2) is 6.04 Å². The van der Waals surface area contributed by atoms with Gasteiger partial charge in [0.05, 0.1) is 0 Å². The molecule has 120 valence electrons. The number of carboxylic acid groups (broad SMARTS) is 1. The van der Waals surface area contributed by atoms with Crippen LogP contribution in [0.4, 0.5) is 5.69 Å². The van der Waals surface area contributed by atoms with Crippen molar-refractivity contribution in [2.45, 2.75) is 19.0 Å². The van der Waals surface area contributed by atoms with E-state index in [1.54, 1.807) is 48.0 Å².